The van der Waals surface area contributed by atoms with Crippen LogP contribution in [0, 0.1) is 0 Å². The molecule has 5 heteroatoms. The molecule has 0 radical (unpaired) electrons. The van der Waals surface area contributed by atoms with Crippen LogP contribution in [0.5, 0.6) is 0 Å². The second kappa shape index (κ2) is 6.23. The number of piperidine rings is 1. The fourth-order valence-electron chi connectivity index (χ4n) is 2.26. The number of carbonyl (C=O) groups excluding carboxylic acids is 1. The Labute approximate surface area is 117 Å². The van der Waals surface area contributed by atoms with Crippen LogP contribution < -0.4 is 4.90 Å². The molecule has 1 heterocycles. The topological polar surface area (TPSA) is 77.8 Å². The van der Waals surface area contributed by atoms with E-state index in [1.807, 2.05) is 12.1 Å². The van der Waals surface area contributed by atoms with E-state index in [4.69, 9.17) is 5.11 Å². The highest BCUT2D eigenvalue weighted by atomic mass is 16.4. The van der Waals surface area contributed by atoms with Crippen LogP contribution >= 0.6 is 0 Å². The van der Waals surface area contributed by atoms with Gasteiger partial charge in [-0.05, 0) is 43.5 Å². The number of hydrogen-bond donors (Lipinski definition) is 2. The smallest absolute Gasteiger partial charge is 0.376 e. The maximum Gasteiger partial charge on any atom is 0.376 e. The van der Waals surface area contributed by atoms with Gasteiger partial charge >= 0.3 is 5.97 Å². The number of hydrogen-bond acceptors (Lipinski definition) is 4. The van der Waals surface area contributed by atoms with E-state index >= 15 is 0 Å². The lowest BCUT2D eigenvalue weighted by atomic mass is 10.1. The van der Waals surface area contributed by atoms with Crippen molar-refractivity contribution in [1.29, 1.82) is 0 Å². The lowest BCUT2D eigenvalue weighted by Gasteiger charge is -2.28. The second-order valence-corrected chi connectivity index (χ2v) is 4.79. The number of aliphatic hydroxyl groups excluding tert-OH is 1. The van der Waals surface area contributed by atoms with Crippen molar-refractivity contribution in [2.45, 2.75) is 19.3 Å². The summed E-state index contributed by atoms with van der Waals surface area (Å²) < 4.78 is 0. The molecule has 1 aromatic carbocycles. The molecule has 2 N–H and O–H groups in total. The van der Waals surface area contributed by atoms with Crippen molar-refractivity contribution in [2.24, 2.45) is 0 Å². The third-order valence-corrected chi connectivity index (χ3v) is 3.36. The lowest BCUT2D eigenvalue weighted by molar-refractivity contribution is -0.146. The van der Waals surface area contributed by atoms with Crippen LogP contribution in [0.1, 0.15) is 24.8 Å². The van der Waals surface area contributed by atoms with Gasteiger partial charge < -0.3 is 15.1 Å². The molecular formula is C15H17NO4. The number of benzene rings is 1. The summed E-state index contributed by atoms with van der Waals surface area (Å²) in [6, 6.07) is 7.11. The molecule has 0 unspecified atom stereocenters. The van der Waals surface area contributed by atoms with E-state index < -0.39 is 11.8 Å². The number of carboxylic acid groups (broad SMARTS) is 1. The van der Waals surface area contributed by atoms with Gasteiger partial charge in [-0.2, -0.15) is 0 Å². The first-order chi connectivity index (χ1) is 9.58. The van der Waals surface area contributed by atoms with Gasteiger partial charge in [0.05, 0.1) is 0 Å². The zero-order valence-corrected chi connectivity index (χ0v) is 11.1. The number of rotatable bonds is 4. The summed E-state index contributed by atoms with van der Waals surface area (Å²) >= 11 is 0. The molecule has 106 valence electrons. The Morgan fingerprint density at radius 1 is 1.00 bits per heavy atom. The van der Waals surface area contributed by atoms with Crippen molar-refractivity contribution in [3.8, 4) is 0 Å². The Hall–Kier alpha value is -2.30. The molecule has 1 aliphatic rings. The molecule has 0 aliphatic carbocycles. The predicted octanol–water partition coefficient (Wildman–Crippen LogP) is 2.23. The van der Waals surface area contributed by atoms with Crippen molar-refractivity contribution in [1.82, 2.24) is 0 Å². The predicted molar refractivity (Wildman–Crippen MR) is 75.8 cm³/mol. The molecule has 0 atom stereocenters. The Balaban J connectivity index is 2.11. The number of nitrogens with zero attached hydrogens (tertiary/aromatic N) is 1. The van der Waals surface area contributed by atoms with Gasteiger partial charge in [-0.1, -0.05) is 0 Å². The van der Waals surface area contributed by atoms with Crippen molar-refractivity contribution in [2.75, 3.05) is 18.0 Å². The SMILES string of the molecule is O=C(O)C(=O)/C=C(\O)c1ccc(N2CCCCC2)cc1. The largest absolute Gasteiger partial charge is 0.507 e. The van der Waals surface area contributed by atoms with E-state index in [0.29, 0.717) is 5.56 Å². The van der Waals surface area contributed by atoms with E-state index in [1.165, 1.54) is 19.3 Å². The zero-order chi connectivity index (χ0) is 14.5. The summed E-state index contributed by atoms with van der Waals surface area (Å²) in [7, 11) is 0. The summed E-state index contributed by atoms with van der Waals surface area (Å²) in [4.78, 5) is 23.7. The van der Waals surface area contributed by atoms with E-state index in [1.54, 1.807) is 12.1 Å². The number of anilines is 1. The van der Waals surface area contributed by atoms with E-state index in [9.17, 15) is 14.7 Å². The third-order valence-electron chi connectivity index (χ3n) is 3.36. The molecule has 1 aromatic rings. The highest BCUT2D eigenvalue weighted by molar-refractivity contribution is 6.38. The minimum absolute atomic E-state index is 0.331. The molecule has 1 fully saturated rings. The number of carboxylic acids is 1. The average molecular weight is 275 g/mol. The minimum Gasteiger partial charge on any atom is -0.507 e. The van der Waals surface area contributed by atoms with Gasteiger partial charge in [0.15, 0.2) is 0 Å². The van der Waals surface area contributed by atoms with Gasteiger partial charge in [-0.25, -0.2) is 4.79 Å². The third kappa shape index (κ3) is 3.38. The minimum atomic E-state index is -1.58. The van der Waals surface area contributed by atoms with E-state index in [2.05, 4.69) is 4.90 Å². The Bertz CT molecular complexity index is 527. The molecule has 0 bridgehead atoms. The van der Waals surface area contributed by atoms with Crippen LogP contribution in [0.15, 0.2) is 30.3 Å². The van der Waals surface area contributed by atoms with Crippen molar-refractivity contribution < 1.29 is 19.8 Å². The Kier molecular flexibility index (Phi) is 4.40. The maximum atomic E-state index is 11.0. The van der Waals surface area contributed by atoms with Crippen LogP contribution in [0.2, 0.25) is 0 Å². The number of aliphatic carboxylic acids is 1. The molecule has 2 rings (SSSR count). The molecule has 0 saturated carbocycles. The lowest BCUT2D eigenvalue weighted by Crippen LogP contribution is -2.29. The highest BCUT2D eigenvalue weighted by Crippen LogP contribution is 2.22. The standard InChI is InChI=1S/C15H17NO4/c17-13(10-14(18)15(19)20)11-4-6-12(7-5-11)16-8-2-1-3-9-16/h4-7,10,17H,1-3,8-9H2,(H,19,20)/b13-10-. The Morgan fingerprint density at radius 2 is 1.60 bits per heavy atom. The van der Waals surface area contributed by atoms with Crippen molar-refractivity contribution in [3.05, 3.63) is 35.9 Å². The first kappa shape index (κ1) is 14.1. The first-order valence-corrected chi connectivity index (χ1v) is 6.61. The molecule has 1 saturated heterocycles. The number of aliphatic hydroxyl groups is 1. The fraction of sp³-hybridized carbons (Fsp3) is 0.333. The second-order valence-electron chi connectivity index (χ2n) is 4.79. The van der Waals surface area contributed by atoms with Crippen molar-refractivity contribution in [3.63, 3.8) is 0 Å². The Morgan fingerprint density at radius 3 is 2.15 bits per heavy atom. The van der Waals surface area contributed by atoms with Crippen LogP contribution in [0.4, 0.5) is 5.69 Å². The summed E-state index contributed by atoms with van der Waals surface area (Å²) in [5, 5.41) is 18.2. The quantitative estimate of drug-likeness (QED) is 0.500. The van der Waals surface area contributed by atoms with Crippen molar-refractivity contribution >= 4 is 23.2 Å². The van der Waals surface area contributed by atoms with Gasteiger partial charge in [-0.15, -0.1) is 0 Å². The molecule has 0 aromatic heterocycles. The average Bonchev–Trinajstić information content (AvgIpc) is 2.48. The molecule has 0 amide bonds. The number of ketones is 1. The molecule has 20 heavy (non-hydrogen) atoms. The summed E-state index contributed by atoms with van der Waals surface area (Å²) in [6.45, 7) is 2.05. The summed E-state index contributed by atoms with van der Waals surface area (Å²) in [6.07, 6.45) is 4.34. The molecule has 5 nitrogen and oxygen atoms in total. The van der Waals surface area contributed by atoms with Gasteiger partial charge in [0.2, 0.25) is 0 Å². The monoisotopic (exact) mass is 275 g/mol. The van der Waals surface area contributed by atoms with Crippen LogP contribution in [-0.2, 0) is 9.59 Å². The fourth-order valence-corrected chi connectivity index (χ4v) is 2.26. The summed E-state index contributed by atoms with van der Waals surface area (Å²) in [5.74, 6) is -3.05. The molecule has 1 aliphatic heterocycles. The summed E-state index contributed by atoms with van der Waals surface area (Å²) in [5.41, 5.74) is 1.51. The van der Waals surface area contributed by atoms with Gasteiger partial charge in [0.25, 0.3) is 5.78 Å². The van der Waals surface area contributed by atoms with E-state index in [0.717, 1.165) is 24.9 Å². The maximum absolute atomic E-state index is 11.0. The molecule has 0 spiro atoms. The normalized spacial score (nSPS) is 16.0. The van der Waals surface area contributed by atoms with Crippen LogP contribution in [-0.4, -0.2) is 35.1 Å². The zero-order valence-electron chi connectivity index (χ0n) is 11.1. The highest BCUT2D eigenvalue weighted by Gasteiger charge is 2.12. The molecular weight excluding hydrogens is 258 g/mol. The van der Waals surface area contributed by atoms with Gasteiger partial charge in [-0.3, -0.25) is 4.79 Å². The first-order valence-electron chi connectivity index (χ1n) is 6.61. The van der Waals surface area contributed by atoms with Gasteiger partial charge in [0, 0.05) is 30.4 Å². The number of carbonyl (C=O) groups is 2. The van der Waals surface area contributed by atoms with Crippen LogP contribution in [0.3, 0.4) is 0 Å². The van der Waals surface area contributed by atoms with E-state index in [-0.39, 0.29) is 5.76 Å². The van der Waals surface area contributed by atoms with Crippen LogP contribution in [0.25, 0.3) is 5.76 Å². The van der Waals surface area contributed by atoms with Gasteiger partial charge in [0.1, 0.15) is 5.76 Å².